The van der Waals surface area contributed by atoms with Crippen molar-refractivity contribution < 1.29 is 14.3 Å². The molecule has 0 aliphatic heterocycles. The Morgan fingerprint density at radius 1 is 1.03 bits per heavy atom. The van der Waals surface area contributed by atoms with Crippen molar-refractivity contribution in [3.63, 3.8) is 0 Å². The van der Waals surface area contributed by atoms with Crippen molar-refractivity contribution in [3.8, 4) is 11.5 Å². The van der Waals surface area contributed by atoms with E-state index in [9.17, 15) is 9.59 Å². The molecule has 0 fully saturated rings. The van der Waals surface area contributed by atoms with E-state index in [-0.39, 0.29) is 11.7 Å². The highest BCUT2D eigenvalue weighted by Gasteiger charge is 2.11. The predicted molar refractivity (Wildman–Crippen MR) is 117 cm³/mol. The van der Waals surface area contributed by atoms with Crippen LogP contribution in [0.4, 0.5) is 10.5 Å². The monoisotopic (exact) mass is 431 g/mol. The molecule has 0 aliphatic carbocycles. The van der Waals surface area contributed by atoms with Crippen molar-refractivity contribution in [1.82, 2.24) is 29.9 Å². The highest BCUT2D eigenvalue weighted by molar-refractivity contribution is 5.89. The fourth-order valence-electron chi connectivity index (χ4n) is 2.90. The zero-order valence-corrected chi connectivity index (χ0v) is 17.3. The summed E-state index contributed by atoms with van der Waals surface area (Å²) in [5, 5.41) is 13.9. The molecule has 0 saturated heterocycles. The van der Waals surface area contributed by atoms with Gasteiger partial charge in [0.05, 0.1) is 12.3 Å². The Balaban J connectivity index is 1.30. The zero-order valence-electron chi connectivity index (χ0n) is 17.3. The third-order valence-corrected chi connectivity index (χ3v) is 4.46. The van der Waals surface area contributed by atoms with Gasteiger partial charge < -0.3 is 15.4 Å². The quantitative estimate of drug-likeness (QED) is 0.435. The number of nitrogens with one attached hydrogen (secondary N) is 2. The maximum absolute atomic E-state index is 12.2. The number of amides is 2. The van der Waals surface area contributed by atoms with Gasteiger partial charge in [0.2, 0.25) is 0 Å². The molecule has 32 heavy (non-hydrogen) atoms. The van der Waals surface area contributed by atoms with Gasteiger partial charge in [-0.25, -0.2) is 23.9 Å². The van der Waals surface area contributed by atoms with Crippen molar-refractivity contribution in [1.29, 1.82) is 0 Å². The van der Waals surface area contributed by atoms with E-state index in [0.29, 0.717) is 24.7 Å². The Hall–Kier alpha value is -4.47. The first-order chi connectivity index (χ1) is 15.6. The molecule has 4 aromatic rings. The van der Waals surface area contributed by atoms with Gasteiger partial charge in [-0.1, -0.05) is 6.07 Å². The molecular weight excluding hydrogens is 410 g/mol. The summed E-state index contributed by atoms with van der Waals surface area (Å²) in [5.74, 6) is 0.238. The molecule has 0 radical (unpaired) electrons. The van der Waals surface area contributed by atoms with Crippen LogP contribution in [0.5, 0.6) is 0 Å². The summed E-state index contributed by atoms with van der Waals surface area (Å²) >= 11 is 0. The molecule has 162 valence electrons. The topological polar surface area (TPSA) is 116 Å². The lowest BCUT2D eigenvalue weighted by Crippen LogP contribution is -2.28. The summed E-state index contributed by atoms with van der Waals surface area (Å²) < 4.78 is 8.17. The third kappa shape index (κ3) is 4.98. The van der Waals surface area contributed by atoms with Crippen LogP contribution in [-0.2, 0) is 11.3 Å². The van der Waals surface area contributed by atoms with Crippen LogP contribution in [0.3, 0.4) is 0 Å². The Kier molecular flexibility index (Phi) is 6.21. The number of aromatic nitrogens is 5. The summed E-state index contributed by atoms with van der Waals surface area (Å²) in [6.07, 6.45) is 6.86. The predicted octanol–water partition coefficient (Wildman–Crippen LogP) is 2.95. The number of esters is 1. The normalized spacial score (nSPS) is 10.5. The van der Waals surface area contributed by atoms with Gasteiger partial charge in [0.25, 0.3) is 0 Å². The second-order valence-corrected chi connectivity index (χ2v) is 6.70. The molecule has 0 atom stereocenters. The molecule has 2 N–H and O–H groups in total. The molecule has 10 nitrogen and oxygen atoms in total. The van der Waals surface area contributed by atoms with Gasteiger partial charge in [0.1, 0.15) is 0 Å². The Labute approximate surface area is 183 Å². The molecule has 3 heterocycles. The van der Waals surface area contributed by atoms with Crippen LogP contribution >= 0.6 is 0 Å². The number of pyridine rings is 1. The van der Waals surface area contributed by atoms with E-state index in [2.05, 4.69) is 25.8 Å². The molecule has 2 amide bonds. The smallest absolute Gasteiger partial charge is 0.358 e. The first kappa shape index (κ1) is 20.8. The molecule has 1 aromatic carbocycles. The Bertz CT molecular complexity index is 1180. The number of rotatable bonds is 7. The minimum atomic E-state index is -0.465. The Morgan fingerprint density at radius 2 is 1.88 bits per heavy atom. The third-order valence-electron chi connectivity index (χ3n) is 4.46. The SMILES string of the molecule is CCOC(=O)c1ccn(-c2ccc(NC(=O)NCc3ccc(-n4cccn4)nc3)cc2)n1. The number of hydrogen-bond donors (Lipinski definition) is 2. The summed E-state index contributed by atoms with van der Waals surface area (Å²) in [4.78, 5) is 28.3. The van der Waals surface area contributed by atoms with E-state index >= 15 is 0 Å². The molecule has 3 aromatic heterocycles. The lowest BCUT2D eigenvalue weighted by atomic mass is 10.2. The number of carbonyl (C=O) groups is 2. The van der Waals surface area contributed by atoms with Crippen LogP contribution in [0.2, 0.25) is 0 Å². The van der Waals surface area contributed by atoms with E-state index in [1.807, 2.05) is 24.4 Å². The van der Waals surface area contributed by atoms with Crippen LogP contribution in [0.15, 0.2) is 73.3 Å². The maximum Gasteiger partial charge on any atom is 0.358 e. The largest absolute Gasteiger partial charge is 0.461 e. The summed E-state index contributed by atoms with van der Waals surface area (Å²) in [6, 6.07) is 13.9. The molecule has 0 spiro atoms. The first-order valence-corrected chi connectivity index (χ1v) is 9.95. The number of hydrogen-bond acceptors (Lipinski definition) is 6. The number of urea groups is 1. The molecule has 0 aliphatic rings. The average Bonchev–Trinajstić information content (AvgIpc) is 3.52. The zero-order chi connectivity index (χ0) is 22.3. The molecule has 10 heteroatoms. The van der Waals surface area contributed by atoms with Gasteiger partial charge in [-0.2, -0.15) is 10.2 Å². The van der Waals surface area contributed by atoms with Gasteiger partial charge in [-0.05, 0) is 55.0 Å². The van der Waals surface area contributed by atoms with Gasteiger partial charge in [-0.3, -0.25) is 0 Å². The van der Waals surface area contributed by atoms with Crippen LogP contribution in [0.1, 0.15) is 23.0 Å². The second-order valence-electron chi connectivity index (χ2n) is 6.70. The van der Waals surface area contributed by atoms with Crippen LogP contribution in [0.25, 0.3) is 11.5 Å². The van der Waals surface area contributed by atoms with Gasteiger partial charge in [0.15, 0.2) is 11.5 Å². The van der Waals surface area contributed by atoms with E-state index in [0.717, 1.165) is 11.3 Å². The van der Waals surface area contributed by atoms with Crippen LogP contribution in [0, 0.1) is 0 Å². The Morgan fingerprint density at radius 3 is 2.56 bits per heavy atom. The molecule has 4 rings (SSSR count). The maximum atomic E-state index is 12.2. The standard InChI is InChI=1S/C22H21N7O3/c1-2-32-21(30)19-10-13-28(27-19)18-7-5-17(6-8-18)26-22(31)24-15-16-4-9-20(23-14-16)29-12-3-11-25-29/h3-14H,2,15H2,1H3,(H2,24,26,31). The van der Waals surface area contributed by atoms with Crippen molar-refractivity contribution in [2.45, 2.75) is 13.5 Å². The summed E-state index contributed by atoms with van der Waals surface area (Å²) in [5.41, 5.74) is 2.47. The van der Waals surface area contributed by atoms with Gasteiger partial charge in [0, 0.05) is 37.0 Å². The number of carbonyl (C=O) groups excluding carboxylic acids is 2. The van der Waals surface area contributed by atoms with Gasteiger partial charge >= 0.3 is 12.0 Å². The van der Waals surface area contributed by atoms with Crippen LogP contribution in [-0.4, -0.2) is 43.2 Å². The van der Waals surface area contributed by atoms with Crippen molar-refractivity contribution >= 4 is 17.7 Å². The number of ether oxygens (including phenoxy) is 1. The molecular formula is C22H21N7O3. The van der Waals surface area contributed by atoms with Crippen molar-refractivity contribution in [3.05, 3.63) is 84.6 Å². The van der Waals surface area contributed by atoms with E-state index < -0.39 is 5.97 Å². The average molecular weight is 431 g/mol. The molecule has 0 bridgehead atoms. The van der Waals surface area contributed by atoms with Crippen molar-refractivity contribution in [2.24, 2.45) is 0 Å². The minimum absolute atomic E-state index is 0.237. The number of nitrogens with zero attached hydrogens (tertiary/aromatic N) is 5. The first-order valence-electron chi connectivity index (χ1n) is 9.95. The second kappa shape index (κ2) is 9.56. The van der Waals surface area contributed by atoms with Crippen molar-refractivity contribution in [2.75, 3.05) is 11.9 Å². The van der Waals surface area contributed by atoms with Crippen LogP contribution < -0.4 is 10.6 Å². The summed E-state index contributed by atoms with van der Waals surface area (Å²) in [7, 11) is 0. The fourth-order valence-corrected chi connectivity index (χ4v) is 2.90. The fraction of sp³-hybridized carbons (Fsp3) is 0.136. The highest BCUT2D eigenvalue weighted by atomic mass is 16.5. The number of benzene rings is 1. The summed E-state index contributed by atoms with van der Waals surface area (Å²) in [6.45, 7) is 2.37. The van der Waals surface area contributed by atoms with E-state index in [1.165, 1.54) is 0 Å². The van der Waals surface area contributed by atoms with E-state index in [1.54, 1.807) is 65.2 Å². The lowest BCUT2D eigenvalue weighted by Gasteiger charge is -2.09. The highest BCUT2D eigenvalue weighted by Crippen LogP contribution is 2.14. The molecule has 0 saturated carbocycles. The molecule has 0 unspecified atom stereocenters. The number of anilines is 1. The van der Waals surface area contributed by atoms with E-state index in [4.69, 9.17) is 4.74 Å². The van der Waals surface area contributed by atoms with Gasteiger partial charge in [-0.15, -0.1) is 0 Å². The lowest BCUT2D eigenvalue weighted by molar-refractivity contribution is 0.0519. The minimum Gasteiger partial charge on any atom is -0.461 e.